The van der Waals surface area contributed by atoms with Gasteiger partial charge in [0.25, 0.3) is 0 Å². The predicted molar refractivity (Wildman–Crippen MR) is 57.6 cm³/mol. The van der Waals surface area contributed by atoms with Gasteiger partial charge in [-0.1, -0.05) is 19.9 Å². The number of nitriles is 1. The largest absolute Gasteiger partial charge is 0.478 e. The lowest BCUT2D eigenvalue weighted by atomic mass is 10.0. The van der Waals surface area contributed by atoms with Gasteiger partial charge in [0.05, 0.1) is 6.61 Å². The molecule has 1 aromatic rings. The first-order valence-corrected chi connectivity index (χ1v) is 4.92. The van der Waals surface area contributed by atoms with E-state index in [1.54, 1.807) is 6.07 Å². The summed E-state index contributed by atoms with van der Waals surface area (Å²) in [6, 6.07) is 7.57. The Hall–Kier alpha value is -1.53. The molecule has 0 saturated heterocycles. The molecule has 3 nitrogen and oxygen atoms in total. The number of aliphatic hydroxyl groups is 1. The molecule has 0 atom stereocenters. The third-order valence-electron chi connectivity index (χ3n) is 2.21. The number of hydrogen-bond acceptors (Lipinski definition) is 3. The Balaban J connectivity index is 2.94. The van der Waals surface area contributed by atoms with E-state index in [0.29, 0.717) is 11.7 Å². The molecule has 1 aromatic carbocycles. The van der Waals surface area contributed by atoms with Gasteiger partial charge in [0.1, 0.15) is 11.8 Å². The Labute approximate surface area is 89.9 Å². The number of aliphatic hydroxyl groups excluding tert-OH is 1. The zero-order valence-electron chi connectivity index (χ0n) is 9.03. The summed E-state index contributed by atoms with van der Waals surface area (Å²) in [5, 5.41) is 17.6. The highest BCUT2D eigenvalue weighted by atomic mass is 16.5. The molecule has 3 heteroatoms. The van der Waals surface area contributed by atoms with Gasteiger partial charge in [0.15, 0.2) is 6.61 Å². The van der Waals surface area contributed by atoms with Crippen molar-refractivity contribution in [3.05, 3.63) is 29.3 Å². The normalized spacial score (nSPS) is 10.1. The Bertz CT molecular complexity index is 366. The number of benzene rings is 1. The van der Waals surface area contributed by atoms with E-state index < -0.39 is 0 Å². The molecule has 80 valence electrons. The molecule has 0 amide bonds. The van der Waals surface area contributed by atoms with Crippen LogP contribution in [0.15, 0.2) is 18.2 Å². The Kier molecular flexibility index (Phi) is 4.14. The first-order valence-electron chi connectivity index (χ1n) is 4.92. The van der Waals surface area contributed by atoms with Gasteiger partial charge >= 0.3 is 0 Å². The number of nitrogens with zero attached hydrogens (tertiary/aromatic N) is 1. The Morgan fingerprint density at radius 3 is 2.73 bits per heavy atom. The number of ether oxygens (including phenoxy) is 1. The Morgan fingerprint density at radius 2 is 2.20 bits per heavy atom. The summed E-state index contributed by atoms with van der Waals surface area (Å²) in [4.78, 5) is 0. The molecule has 1 rings (SSSR count). The maximum absolute atomic E-state index is 9.16. The minimum Gasteiger partial charge on any atom is -0.478 e. The molecule has 15 heavy (non-hydrogen) atoms. The predicted octanol–water partition coefficient (Wildman–Crippen LogP) is 2.20. The fourth-order valence-corrected chi connectivity index (χ4v) is 1.33. The SMILES string of the molecule is CC(C)c1ccc(OCC#N)c(CO)c1. The van der Waals surface area contributed by atoms with Gasteiger partial charge in [-0.25, -0.2) is 0 Å². The van der Waals surface area contributed by atoms with Crippen LogP contribution in [0.2, 0.25) is 0 Å². The molecule has 0 radical (unpaired) electrons. The number of hydrogen-bond donors (Lipinski definition) is 1. The summed E-state index contributed by atoms with van der Waals surface area (Å²) in [6.07, 6.45) is 0. The topological polar surface area (TPSA) is 53.2 Å². The first kappa shape index (κ1) is 11.5. The van der Waals surface area contributed by atoms with Crippen LogP contribution in [0.25, 0.3) is 0 Å². The fourth-order valence-electron chi connectivity index (χ4n) is 1.33. The summed E-state index contributed by atoms with van der Waals surface area (Å²) in [5.74, 6) is 1.00. The van der Waals surface area contributed by atoms with Crippen LogP contribution >= 0.6 is 0 Å². The molecule has 0 bridgehead atoms. The van der Waals surface area contributed by atoms with Crippen molar-refractivity contribution in [3.63, 3.8) is 0 Å². The van der Waals surface area contributed by atoms with Crippen molar-refractivity contribution in [2.45, 2.75) is 26.4 Å². The molecule has 0 aliphatic rings. The van der Waals surface area contributed by atoms with E-state index in [1.807, 2.05) is 18.2 Å². The zero-order chi connectivity index (χ0) is 11.3. The minimum atomic E-state index is -0.0681. The second-order valence-electron chi connectivity index (χ2n) is 3.63. The minimum absolute atomic E-state index is 0.00796. The van der Waals surface area contributed by atoms with E-state index in [9.17, 15) is 0 Å². The average molecular weight is 205 g/mol. The average Bonchev–Trinajstić information content (AvgIpc) is 2.25. The summed E-state index contributed by atoms with van der Waals surface area (Å²) in [6.45, 7) is 4.12. The van der Waals surface area contributed by atoms with Crippen molar-refractivity contribution in [3.8, 4) is 11.8 Å². The zero-order valence-corrected chi connectivity index (χ0v) is 9.03. The molecule has 0 aromatic heterocycles. The molecule has 0 fully saturated rings. The summed E-state index contributed by atoms with van der Waals surface area (Å²) >= 11 is 0. The lowest BCUT2D eigenvalue weighted by Gasteiger charge is -2.11. The molecule has 0 spiro atoms. The van der Waals surface area contributed by atoms with Crippen LogP contribution in [0, 0.1) is 11.3 Å². The quantitative estimate of drug-likeness (QED) is 0.819. The van der Waals surface area contributed by atoms with E-state index in [0.717, 1.165) is 11.1 Å². The maximum atomic E-state index is 9.16. The van der Waals surface area contributed by atoms with Gasteiger partial charge in [-0.2, -0.15) is 5.26 Å². The van der Waals surface area contributed by atoms with E-state index in [4.69, 9.17) is 15.1 Å². The van der Waals surface area contributed by atoms with Crippen molar-refractivity contribution in [1.82, 2.24) is 0 Å². The standard InChI is InChI=1S/C12H15NO2/c1-9(2)10-3-4-12(15-6-5-13)11(7-10)8-14/h3-4,7,9,14H,6,8H2,1-2H3. The molecule has 0 saturated carbocycles. The van der Waals surface area contributed by atoms with Gasteiger partial charge < -0.3 is 9.84 Å². The van der Waals surface area contributed by atoms with E-state index in [2.05, 4.69) is 13.8 Å². The highest BCUT2D eigenvalue weighted by Gasteiger charge is 2.06. The van der Waals surface area contributed by atoms with E-state index >= 15 is 0 Å². The fraction of sp³-hybridized carbons (Fsp3) is 0.417. The highest BCUT2D eigenvalue weighted by molar-refractivity contribution is 5.38. The van der Waals surface area contributed by atoms with Gasteiger partial charge in [-0.3, -0.25) is 0 Å². The van der Waals surface area contributed by atoms with Gasteiger partial charge in [-0.05, 0) is 23.6 Å². The van der Waals surface area contributed by atoms with Crippen LogP contribution in [0.3, 0.4) is 0 Å². The molecule has 0 aliphatic heterocycles. The molecule has 0 heterocycles. The van der Waals surface area contributed by atoms with Crippen molar-refractivity contribution in [2.24, 2.45) is 0 Å². The van der Waals surface area contributed by atoms with Crippen molar-refractivity contribution >= 4 is 0 Å². The third kappa shape index (κ3) is 2.97. The van der Waals surface area contributed by atoms with Gasteiger partial charge in [0, 0.05) is 5.56 Å². The summed E-state index contributed by atoms with van der Waals surface area (Å²) in [5.41, 5.74) is 1.89. The van der Waals surface area contributed by atoms with Crippen LogP contribution in [-0.2, 0) is 6.61 Å². The van der Waals surface area contributed by atoms with Crippen molar-refractivity contribution in [1.29, 1.82) is 5.26 Å². The first-order chi connectivity index (χ1) is 7.19. The monoisotopic (exact) mass is 205 g/mol. The molecule has 1 N–H and O–H groups in total. The molecule has 0 unspecified atom stereocenters. The summed E-state index contributed by atoms with van der Waals surface area (Å²) in [7, 11) is 0. The van der Waals surface area contributed by atoms with Crippen LogP contribution in [0.1, 0.15) is 30.9 Å². The molecular weight excluding hydrogens is 190 g/mol. The smallest absolute Gasteiger partial charge is 0.174 e. The number of rotatable bonds is 4. The van der Waals surface area contributed by atoms with Crippen LogP contribution in [0.4, 0.5) is 0 Å². The molecular formula is C12H15NO2. The highest BCUT2D eigenvalue weighted by Crippen LogP contribution is 2.24. The van der Waals surface area contributed by atoms with Gasteiger partial charge in [0.2, 0.25) is 0 Å². The summed E-state index contributed by atoms with van der Waals surface area (Å²) < 4.78 is 5.19. The van der Waals surface area contributed by atoms with Crippen LogP contribution in [-0.4, -0.2) is 11.7 Å². The lowest BCUT2D eigenvalue weighted by molar-refractivity contribution is 0.270. The second-order valence-corrected chi connectivity index (χ2v) is 3.63. The van der Waals surface area contributed by atoms with Crippen LogP contribution in [0.5, 0.6) is 5.75 Å². The van der Waals surface area contributed by atoms with E-state index in [1.165, 1.54) is 0 Å². The third-order valence-corrected chi connectivity index (χ3v) is 2.21. The lowest BCUT2D eigenvalue weighted by Crippen LogP contribution is -1.99. The Morgan fingerprint density at radius 1 is 1.47 bits per heavy atom. The van der Waals surface area contributed by atoms with E-state index in [-0.39, 0.29) is 13.2 Å². The second kappa shape index (κ2) is 5.38. The van der Waals surface area contributed by atoms with Crippen molar-refractivity contribution in [2.75, 3.05) is 6.61 Å². The molecule has 0 aliphatic carbocycles. The van der Waals surface area contributed by atoms with Crippen molar-refractivity contribution < 1.29 is 9.84 Å². The van der Waals surface area contributed by atoms with Gasteiger partial charge in [-0.15, -0.1) is 0 Å². The van der Waals surface area contributed by atoms with Crippen LogP contribution < -0.4 is 4.74 Å². The maximum Gasteiger partial charge on any atom is 0.174 e.